The zero-order chi connectivity index (χ0) is 19.3. The number of oxazole rings is 2. The van der Waals surface area contributed by atoms with Crippen molar-refractivity contribution in [3.63, 3.8) is 0 Å². The van der Waals surface area contributed by atoms with E-state index in [1.54, 1.807) is 11.0 Å². The molecular formula is C19H17N5O4. The number of benzene rings is 1. The molecule has 4 rings (SSSR count). The van der Waals surface area contributed by atoms with Gasteiger partial charge in [0, 0.05) is 12.8 Å². The summed E-state index contributed by atoms with van der Waals surface area (Å²) >= 11 is 0. The second kappa shape index (κ2) is 7.87. The summed E-state index contributed by atoms with van der Waals surface area (Å²) in [6.07, 6.45) is 5.95. The summed E-state index contributed by atoms with van der Waals surface area (Å²) in [6, 6.07) is 7.28. The van der Waals surface area contributed by atoms with E-state index in [0.717, 1.165) is 0 Å². The first-order chi connectivity index (χ1) is 13.7. The number of nitrogens with zero attached hydrogens (tertiary/aromatic N) is 4. The van der Waals surface area contributed by atoms with Crippen molar-refractivity contribution >= 4 is 16.9 Å². The zero-order valence-corrected chi connectivity index (χ0v) is 14.9. The molecule has 0 fully saturated rings. The van der Waals surface area contributed by atoms with E-state index >= 15 is 0 Å². The monoisotopic (exact) mass is 379 g/mol. The van der Waals surface area contributed by atoms with E-state index in [0.29, 0.717) is 28.1 Å². The Morgan fingerprint density at radius 3 is 2.36 bits per heavy atom. The number of rotatable bonds is 7. The van der Waals surface area contributed by atoms with E-state index in [1.165, 1.54) is 25.3 Å². The summed E-state index contributed by atoms with van der Waals surface area (Å²) in [5.41, 5.74) is 2.64. The molecule has 9 nitrogen and oxygen atoms in total. The van der Waals surface area contributed by atoms with Crippen LogP contribution in [-0.2, 0) is 24.3 Å². The molecule has 0 saturated heterocycles. The van der Waals surface area contributed by atoms with Gasteiger partial charge in [0.05, 0.1) is 35.5 Å². The van der Waals surface area contributed by atoms with Gasteiger partial charge in [-0.2, -0.15) is 0 Å². The fourth-order valence-electron chi connectivity index (χ4n) is 2.87. The maximum Gasteiger partial charge on any atom is 0.270 e. The zero-order valence-electron chi connectivity index (χ0n) is 14.9. The third-order valence-corrected chi connectivity index (χ3v) is 4.27. The number of nitrogens with one attached hydrogen (secondary N) is 1. The van der Waals surface area contributed by atoms with Gasteiger partial charge in [0.2, 0.25) is 5.91 Å². The van der Waals surface area contributed by atoms with Gasteiger partial charge < -0.3 is 18.7 Å². The van der Waals surface area contributed by atoms with Crippen LogP contribution in [0.15, 0.2) is 63.2 Å². The molecule has 1 aromatic carbocycles. The normalized spacial score (nSPS) is 11.0. The Morgan fingerprint density at radius 2 is 1.71 bits per heavy atom. The molecule has 0 atom stereocenters. The van der Waals surface area contributed by atoms with Crippen LogP contribution in [0.2, 0.25) is 0 Å². The van der Waals surface area contributed by atoms with Crippen LogP contribution in [0.5, 0.6) is 0 Å². The van der Waals surface area contributed by atoms with E-state index in [2.05, 4.69) is 19.9 Å². The van der Waals surface area contributed by atoms with E-state index in [1.807, 2.05) is 18.2 Å². The molecule has 0 radical (unpaired) electrons. The molecule has 0 unspecified atom stereocenters. The number of aromatic nitrogens is 4. The van der Waals surface area contributed by atoms with Crippen LogP contribution in [0, 0.1) is 0 Å². The fourth-order valence-corrected chi connectivity index (χ4v) is 2.87. The van der Waals surface area contributed by atoms with Gasteiger partial charge in [-0.25, -0.2) is 15.0 Å². The molecule has 1 amide bonds. The average Bonchev–Trinajstić information content (AvgIpc) is 3.40. The molecule has 0 saturated carbocycles. The van der Waals surface area contributed by atoms with Crippen molar-refractivity contribution < 1.29 is 13.6 Å². The van der Waals surface area contributed by atoms with Crippen LogP contribution in [0.1, 0.15) is 23.5 Å². The summed E-state index contributed by atoms with van der Waals surface area (Å²) in [5.74, 6) is -0.152. The number of H-pyrrole nitrogens is 1. The molecule has 3 aromatic heterocycles. The van der Waals surface area contributed by atoms with Crippen molar-refractivity contribution in [2.45, 2.75) is 25.9 Å². The standard InChI is InChI=1S/C19H17N5O4/c25-18(6-5-17-19(26)23-16-4-2-1-3-15(16)22-17)24(7-13-9-27-11-20-13)8-14-10-28-12-21-14/h1-4,9-12H,5-8H2,(H,23,26). The smallest absolute Gasteiger partial charge is 0.270 e. The lowest BCUT2D eigenvalue weighted by molar-refractivity contribution is -0.132. The second-order valence-corrected chi connectivity index (χ2v) is 6.24. The molecule has 0 aliphatic carbocycles. The van der Waals surface area contributed by atoms with Crippen molar-refractivity contribution in [3.8, 4) is 0 Å². The number of carbonyl (C=O) groups is 1. The molecule has 28 heavy (non-hydrogen) atoms. The van der Waals surface area contributed by atoms with Gasteiger partial charge in [0.25, 0.3) is 5.56 Å². The third kappa shape index (κ3) is 3.98. The lowest BCUT2D eigenvalue weighted by Gasteiger charge is -2.20. The number of carbonyl (C=O) groups excluding carboxylic acids is 1. The highest BCUT2D eigenvalue weighted by atomic mass is 16.3. The van der Waals surface area contributed by atoms with E-state index < -0.39 is 0 Å². The predicted molar refractivity (Wildman–Crippen MR) is 97.9 cm³/mol. The molecular weight excluding hydrogens is 362 g/mol. The van der Waals surface area contributed by atoms with Gasteiger partial charge in [0.15, 0.2) is 12.8 Å². The minimum absolute atomic E-state index is 0.129. The first-order valence-electron chi connectivity index (χ1n) is 8.69. The summed E-state index contributed by atoms with van der Waals surface area (Å²) in [5, 5.41) is 0. The van der Waals surface area contributed by atoms with Gasteiger partial charge in [-0.05, 0) is 12.1 Å². The molecule has 0 aliphatic rings. The molecule has 0 spiro atoms. The van der Waals surface area contributed by atoms with Crippen molar-refractivity contribution in [3.05, 3.63) is 77.0 Å². The van der Waals surface area contributed by atoms with Crippen molar-refractivity contribution in [1.29, 1.82) is 0 Å². The number of amides is 1. The Balaban J connectivity index is 1.49. The highest BCUT2D eigenvalue weighted by Crippen LogP contribution is 2.11. The number of para-hydroxylation sites is 2. The Bertz CT molecular complexity index is 1080. The Kier molecular flexibility index (Phi) is 4.96. The van der Waals surface area contributed by atoms with E-state index in [-0.39, 0.29) is 37.4 Å². The van der Waals surface area contributed by atoms with Gasteiger partial charge >= 0.3 is 0 Å². The van der Waals surface area contributed by atoms with Gasteiger partial charge in [0.1, 0.15) is 18.2 Å². The number of aromatic amines is 1. The first kappa shape index (κ1) is 17.7. The molecule has 0 aliphatic heterocycles. The van der Waals surface area contributed by atoms with E-state index in [9.17, 15) is 9.59 Å². The van der Waals surface area contributed by atoms with Gasteiger partial charge in [-0.3, -0.25) is 9.59 Å². The Labute approximate surface area is 159 Å². The van der Waals surface area contributed by atoms with Crippen molar-refractivity contribution in [1.82, 2.24) is 24.8 Å². The lowest BCUT2D eigenvalue weighted by atomic mass is 10.2. The highest BCUT2D eigenvalue weighted by Gasteiger charge is 2.18. The molecule has 3 heterocycles. The first-order valence-corrected chi connectivity index (χ1v) is 8.69. The second-order valence-electron chi connectivity index (χ2n) is 6.24. The lowest BCUT2D eigenvalue weighted by Crippen LogP contribution is -2.31. The van der Waals surface area contributed by atoms with Crippen LogP contribution in [0.25, 0.3) is 11.0 Å². The molecule has 1 N–H and O–H groups in total. The molecule has 9 heteroatoms. The Hall–Kier alpha value is -3.75. The molecule has 4 aromatic rings. The minimum Gasteiger partial charge on any atom is -0.451 e. The summed E-state index contributed by atoms with van der Waals surface area (Å²) < 4.78 is 9.96. The quantitative estimate of drug-likeness (QED) is 0.522. The topological polar surface area (TPSA) is 118 Å². The summed E-state index contributed by atoms with van der Waals surface area (Å²) in [6.45, 7) is 0.535. The van der Waals surface area contributed by atoms with Gasteiger partial charge in [-0.15, -0.1) is 0 Å². The number of hydrogen-bond donors (Lipinski definition) is 1. The maximum atomic E-state index is 12.8. The SMILES string of the molecule is O=C(CCc1nc2ccccc2[nH]c1=O)N(Cc1cocn1)Cc1cocn1. The fraction of sp³-hybridized carbons (Fsp3) is 0.211. The molecule has 142 valence electrons. The number of hydrogen-bond acceptors (Lipinski definition) is 7. The van der Waals surface area contributed by atoms with Crippen LogP contribution in [0.3, 0.4) is 0 Å². The van der Waals surface area contributed by atoms with Crippen molar-refractivity contribution in [2.24, 2.45) is 0 Å². The largest absolute Gasteiger partial charge is 0.451 e. The third-order valence-electron chi connectivity index (χ3n) is 4.27. The van der Waals surface area contributed by atoms with Crippen LogP contribution in [-0.4, -0.2) is 30.7 Å². The summed E-state index contributed by atoms with van der Waals surface area (Å²) in [7, 11) is 0. The highest BCUT2D eigenvalue weighted by molar-refractivity contribution is 5.77. The molecule has 0 bridgehead atoms. The average molecular weight is 379 g/mol. The van der Waals surface area contributed by atoms with Crippen molar-refractivity contribution in [2.75, 3.05) is 0 Å². The van der Waals surface area contributed by atoms with Crippen LogP contribution in [0.4, 0.5) is 0 Å². The van der Waals surface area contributed by atoms with E-state index in [4.69, 9.17) is 8.83 Å². The number of aryl methyl sites for hydroxylation is 1. The van der Waals surface area contributed by atoms with Gasteiger partial charge in [-0.1, -0.05) is 12.1 Å². The minimum atomic E-state index is -0.286. The van der Waals surface area contributed by atoms with Crippen LogP contribution < -0.4 is 5.56 Å². The predicted octanol–water partition coefficient (Wildman–Crippen LogP) is 2.06. The maximum absolute atomic E-state index is 12.8. The van der Waals surface area contributed by atoms with Crippen LogP contribution >= 0.6 is 0 Å². The number of fused-ring (bicyclic) bond motifs is 1. The summed E-state index contributed by atoms with van der Waals surface area (Å²) in [4.78, 5) is 42.0. The Morgan fingerprint density at radius 1 is 1.04 bits per heavy atom.